The number of rotatable bonds is 5. The molecule has 3 fully saturated rings. The summed E-state index contributed by atoms with van der Waals surface area (Å²) in [5.74, 6) is -4.97. The van der Waals surface area contributed by atoms with Crippen molar-refractivity contribution in [3.05, 3.63) is 30.1 Å². The van der Waals surface area contributed by atoms with E-state index in [1.165, 1.54) is 19.3 Å². The van der Waals surface area contributed by atoms with E-state index in [1.807, 2.05) is 0 Å². The standard InChI is InChI=1S/C18H25N3O2.2C2HF3O2/c22-17(14-3-2-8-19-11-14)20-9-6-15-7-10-23-18(15)12-21(13-18)16-4-1-5-16;2*3-2(4,5)1(6)7/h2-3,8,11,15-16H,1,4-7,9-10,12-13H2,(H,20,22);2*(H,6,7). The van der Waals surface area contributed by atoms with Crippen molar-refractivity contribution in [2.75, 3.05) is 26.2 Å². The van der Waals surface area contributed by atoms with Gasteiger partial charge in [0.1, 0.15) is 0 Å². The average Bonchev–Trinajstić information content (AvgIpc) is 3.16. The Morgan fingerprint density at radius 3 is 2.05 bits per heavy atom. The number of nitrogens with one attached hydrogen (secondary N) is 1. The predicted octanol–water partition coefficient (Wildman–Crippen LogP) is 3.11. The fourth-order valence-electron chi connectivity index (χ4n) is 4.15. The number of hydrogen-bond acceptors (Lipinski definition) is 6. The van der Waals surface area contributed by atoms with E-state index in [-0.39, 0.29) is 11.5 Å². The zero-order valence-electron chi connectivity index (χ0n) is 19.5. The van der Waals surface area contributed by atoms with Gasteiger partial charge < -0.3 is 20.3 Å². The van der Waals surface area contributed by atoms with Crippen molar-refractivity contribution in [2.24, 2.45) is 5.92 Å². The summed E-state index contributed by atoms with van der Waals surface area (Å²) in [6, 6.07) is 4.40. The summed E-state index contributed by atoms with van der Waals surface area (Å²) in [7, 11) is 0. The first-order valence-corrected chi connectivity index (χ1v) is 11.3. The number of carbonyl (C=O) groups excluding carboxylic acids is 1. The minimum absolute atomic E-state index is 0.0317. The number of halogens is 6. The number of likely N-dealkylation sites (tertiary alicyclic amines) is 1. The highest BCUT2D eigenvalue weighted by Gasteiger charge is 2.54. The second kappa shape index (κ2) is 12.5. The first-order valence-electron chi connectivity index (χ1n) is 11.3. The summed E-state index contributed by atoms with van der Waals surface area (Å²) >= 11 is 0. The van der Waals surface area contributed by atoms with Crippen molar-refractivity contribution in [3.63, 3.8) is 0 Å². The van der Waals surface area contributed by atoms with Gasteiger partial charge in [0.25, 0.3) is 5.91 Å². The third-order valence-corrected chi connectivity index (χ3v) is 6.32. The first-order chi connectivity index (χ1) is 17.2. The Kier molecular flexibility index (Phi) is 10.3. The lowest BCUT2D eigenvalue weighted by atomic mass is 9.76. The third-order valence-electron chi connectivity index (χ3n) is 6.32. The molecule has 1 aromatic rings. The van der Waals surface area contributed by atoms with Gasteiger partial charge in [-0.2, -0.15) is 26.3 Å². The summed E-state index contributed by atoms with van der Waals surface area (Å²) in [5.41, 5.74) is 0.707. The molecule has 0 radical (unpaired) electrons. The summed E-state index contributed by atoms with van der Waals surface area (Å²) in [4.78, 5) is 36.4. The van der Waals surface area contributed by atoms with Crippen LogP contribution in [0.5, 0.6) is 0 Å². The van der Waals surface area contributed by atoms with Crippen molar-refractivity contribution in [3.8, 4) is 0 Å². The molecule has 4 rings (SSSR count). The van der Waals surface area contributed by atoms with E-state index in [1.54, 1.807) is 24.5 Å². The number of ether oxygens (including phenoxy) is 1. The molecule has 3 N–H and O–H groups in total. The second-order valence-electron chi connectivity index (χ2n) is 8.78. The molecule has 2 saturated heterocycles. The number of alkyl halides is 6. The molecule has 2 aliphatic heterocycles. The highest BCUT2D eigenvalue weighted by Crippen LogP contribution is 2.44. The molecule has 1 unspecified atom stereocenters. The monoisotopic (exact) mass is 543 g/mol. The Labute approximate surface area is 207 Å². The summed E-state index contributed by atoms with van der Waals surface area (Å²) < 4.78 is 69.6. The highest BCUT2D eigenvalue weighted by molar-refractivity contribution is 5.93. The predicted molar refractivity (Wildman–Crippen MR) is 115 cm³/mol. The smallest absolute Gasteiger partial charge is 0.475 e. The number of aromatic nitrogens is 1. The molecule has 0 bridgehead atoms. The molecule has 1 aliphatic carbocycles. The molecule has 1 saturated carbocycles. The fourth-order valence-corrected chi connectivity index (χ4v) is 4.15. The average molecular weight is 543 g/mol. The van der Waals surface area contributed by atoms with Gasteiger partial charge in [0.15, 0.2) is 0 Å². The van der Waals surface area contributed by atoms with Crippen LogP contribution >= 0.6 is 0 Å². The second-order valence-corrected chi connectivity index (χ2v) is 8.78. The molecule has 15 heteroatoms. The molecule has 9 nitrogen and oxygen atoms in total. The molecule has 1 atom stereocenters. The van der Waals surface area contributed by atoms with Crippen LogP contribution in [-0.4, -0.2) is 88.2 Å². The first kappa shape index (κ1) is 30.3. The van der Waals surface area contributed by atoms with Crippen LogP contribution in [0.3, 0.4) is 0 Å². The summed E-state index contributed by atoms with van der Waals surface area (Å²) in [5, 5.41) is 17.3. The van der Waals surface area contributed by atoms with Crippen molar-refractivity contribution >= 4 is 17.8 Å². The van der Waals surface area contributed by atoms with Gasteiger partial charge >= 0.3 is 24.3 Å². The van der Waals surface area contributed by atoms with Gasteiger partial charge in [0.05, 0.1) is 11.2 Å². The number of aliphatic carboxylic acids is 2. The normalized spacial score (nSPS) is 20.9. The van der Waals surface area contributed by atoms with E-state index in [0.29, 0.717) is 18.0 Å². The van der Waals surface area contributed by atoms with Crippen molar-refractivity contribution in [2.45, 2.75) is 56.1 Å². The van der Waals surface area contributed by atoms with Crippen LogP contribution < -0.4 is 5.32 Å². The van der Waals surface area contributed by atoms with Gasteiger partial charge in [0.2, 0.25) is 0 Å². The van der Waals surface area contributed by atoms with Gasteiger partial charge in [0, 0.05) is 44.7 Å². The Morgan fingerprint density at radius 1 is 1.05 bits per heavy atom. The van der Waals surface area contributed by atoms with Crippen LogP contribution in [0.15, 0.2) is 24.5 Å². The lowest BCUT2D eigenvalue weighted by molar-refractivity contribution is -0.193. The fraction of sp³-hybridized carbons (Fsp3) is 0.636. The Balaban J connectivity index is 0.000000286. The number of carbonyl (C=O) groups is 3. The molecule has 37 heavy (non-hydrogen) atoms. The van der Waals surface area contributed by atoms with Crippen molar-refractivity contribution in [1.29, 1.82) is 0 Å². The summed E-state index contributed by atoms with van der Waals surface area (Å²) in [6.45, 7) is 3.78. The molecular formula is C22H27F6N3O6. The van der Waals surface area contributed by atoms with E-state index >= 15 is 0 Å². The Bertz CT molecular complexity index is 894. The van der Waals surface area contributed by atoms with E-state index in [0.717, 1.165) is 38.6 Å². The number of carboxylic acids is 2. The van der Waals surface area contributed by atoms with Crippen LogP contribution in [0, 0.1) is 5.92 Å². The topological polar surface area (TPSA) is 129 Å². The van der Waals surface area contributed by atoms with E-state index < -0.39 is 24.3 Å². The summed E-state index contributed by atoms with van der Waals surface area (Å²) in [6.07, 6.45) is -0.632. The molecule has 208 valence electrons. The molecule has 1 spiro atoms. The van der Waals surface area contributed by atoms with Crippen LogP contribution in [0.4, 0.5) is 26.3 Å². The molecule has 3 heterocycles. The number of pyridine rings is 1. The van der Waals surface area contributed by atoms with Crippen molar-refractivity contribution < 1.29 is 55.7 Å². The minimum atomic E-state index is -5.08. The molecule has 3 aliphatic rings. The number of amides is 1. The zero-order valence-corrected chi connectivity index (χ0v) is 19.5. The van der Waals surface area contributed by atoms with Crippen LogP contribution in [0.2, 0.25) is 0 Å². The number of hydrogen-bond donors (Lipinski definition) is 3. The van der Waals surface area contributed by atoms with Gasteiger partial charge in [-0.15, -0.1) is 0 Å². The van der Waals surface area contributed by atoms with E-state index in [2.05, 4.69) is 15.2 Å². The molecule has 1 amide bonds. The largest absolute Gasteiger partial charge is 0.490 e. The van der Waals surface area contributed by atoms with Crippen molar-refractivity contribution in [1.82, 2.24) is 15.2 Å². The van der Waals surface area contributed by atoms with Crippen LogP contribution in [0.1, 0.15) is 42.5 Å². The van der Waals surface area contributed by atoms with Gasteiger partial charge in [-0.05, 0) is 43.7 Å². The molecular weight excluding hydrogens is 516 g/mol. The van der Waals surface area contributed by atoms with Crippen LogP contribution in [0.25, 0.3) is 0 Å². The maximum absolute atomic E-state index is 12.1. The Morgan fingerprint density at radius 2 is 1.62 bits per heavy atom. The minimum Gasteiger partial charge on any atom is -0.475 e. The maximum atomic E-state index is 12.1. The van der Waals surface area contributed by atoms with Gasteiger partial charge in [-0.3, -0.25) is 14.7 Å². The quantitative estimate of drug-likeness (QED) is 0.484. The lowest BCUT2D eigenvalue weighted by Crippen LogP contribution is -2.68. The van der Waals surface area contributed by atoms with E-state index in [9.17, 15) is 31.1 Å². The van der Waals surface area contributed by atoms with Crippen LogP contribution in [-0.2, 0) is 14.3 Å². The number of nitrogens with zero attached hydrogens (tertiary/aromatic N) is 2. The zero-order chi connectivity index (χ0) is 27.9. The third kappa shape index (κ3) is 8.84. The Hall–Kier alpha value is -2.94. The highest BCUT2D eigenvalue weighted by atomic mass is 19.4. The van der Waals surface area contributed by atoms with E-state index in [4.69, 9.17) is 24.5 Å². The van der Waals surface area contributed by atoms with Gasteiger partial charge in [-0.1, -0.05) is 6.42 Å². The number of carboxylic acid groups (broad SMARTS) is 2. The molecule has 1 aromatic heterocycles. The van der Waals surface area contributed by atoms with Gasteiger partial charge in [-0.25, -0.2) is 9.59 Å². The lowest BCUT2D eigenvalue weighted by Gasteiger charge is -2.55. The maximum Gasteiger partial charge on any atom is 0.490 e. The molecule has 0 aromatic carbocycles. The SMILES string of the molecule is O=C(NCCC1CCOC12CN(C1CCC1)C2)c1cccnc1.O=C(O)C(F)(F)F.O=C(O)C(F)(F)F.